The van der Waals surface area contributed by atoms with E-state index in [4.69, 9.17) is 9.47 Å². The van der Waals surface area contributed by atoms with Gasteiger partial charge in [0.25, 0.3) is 0 Å². The molecule has 0 aromatic heterocycles. The number of carbonyl (C=O) groups excluding carboxylic acids is 1. The van der Waals surface area contributed by atoms with Crippen molar-refractivity contribution in [2.24, 2.45) is 0 Å². The molecule has 43 heavy (non-hydrogen) atoms. The maximum absolute atomic E-state index is 15.0. The molecule has 218 valence electrons. The zero-order valence-corrected chi connectivity index (χ0v) is 23.9. The molecule has 0 atom stereocenters. The van der Waals surface area contributed by atoms with Crippen molar-refractivity contribution >= 4 is 16.6 Å². The van der Waals surface area contributed by atoms with Gasteiger partial charge >= 0.3 is 0 Å². The maximum Gasteiger partial charge on any atom is 0.194 e. The number of nitrogens with zero attached hydrogens (tertiary/aromatic N) is 1. The van der Waals surface area contributed by atoms with Gasteiger partial charge in [0.05, 0.1) is 0 Å². The van der Waals surface area contributed by atoms with Gasteiger partial charge in [-0.2, -0.15) is 0 Å². The van der Waals surface area contributed by atoms with Crippen LogP contribution in [0.2, 0.25) is 0 Å². The summed E-state index contributed by atoms with van der Waals surface area (Å²) in [6.07, 6.45) is 3.76. The molecule has 6 rings (SSSR count). The Labute approximate surface area is 250 Å². The summed E-state index contributed by atoms with van der Waals surface area (Å²) in [6.45, 7) is 4.09. The highest BCUT2D eigenvalue weighted by atomic mass is 19.1. The van der Waals surface area contributed by atoms with Crippen LogP contribution in [0.4, 0.5) is 8.78 Å². The van der Waals surface area contributed by atoms with E-state index in [1.54, 1.807) is 30.3 Å². The fourth-order valence-corrected chi connectivity index (χ4v) is 5.64. The minimum atomic E-state index is -0.728. The summed E-state index contributed by atoms with van der Waals surface area (Å²) in [5, 5.41) is 1.43. The molecule has 1 aliphatic rings. The predicted octanol–water partition coefficient (Wildman–Crippen LogP) is 8.46. The van der Waals surface area contributed by atoms with Crippen molar-refractivity contribution in [1.29, 1.82) is 0 Å². The van der Waals surface area contributed by atoms with Crippen LogP contribution in [0.5, 0.6) is 11.5 Å². The van der Waals surface area contributed by atoms with Gasteiger partial charge in [-0.3, -0.25) is 9.69 Å². The molecule has 0 amide bonds. The Morgan fingerprint density at radius 2 is 1.47 bits per heavy atom. The maximum atomic E-state index is 15.0. The van der Waals surface area contributed by atoms with Gasteiger partial charge in [0.15, 0.2) is 5.78 Å². The van der Waals surface area contributed by atoms with Crippen LogP contribution in [0.1, 0.15) is 40.7 Å². The Kier molecular flexibility index (Phi) is 8.75. The molecule has 0 saturated carbocycles. The van der Waals surface area contributed by atoms with E-state index in [-0.39, 0.29) is 11.3 Å². The number of hydrogen-bond donors (Lipinski definition) is 0. The topological polar surface area (TPSA) is 38.8 Å². The number of fused-ring (bicyclic) bond motifs is 1. The normalized spacial score (nSPS) is 13.6. The number of hydrogen-bond acceptors (Lipinski definition) is 4. The fraction of sp³-hybridized carbons (Fsp3) is 0.216. The lowest BCUT2D eigenvalue weighted by atomic mass is 9.89. The zero-order valence-electron chi connectivity index (χ0n) is 23.9. The van der Waals surface area contributed by atoms with Crippen molar-refractivity contribution in [1.82, 2.24) is 4.90 Å². The second-order valence-electron chi connectivity index (χ2n) is 10.9. The molecule has 5 aromatic carbocycles. The number of benzene rings is 5. The highest BCUT2D eigenvalue weighted by Gasteiger charge is 2.21. The Morgan fingerprint density at radius 1 is 0.721 bits per heavy atom. The van der Waals surface area contributed by atoms with E-state index in [0.29, 0.717) is 46.8 Å². The lowest BCUT2D eigenvalue weighted by Crippen LogP contribution is -2.33. The van der Waals surface area contributed by atoms with E-state index in [2.05, 4.69) is 4.90 Å². The summed E-state index contributed by atoms with van der Waals surface area (Å²) in [6, 6.07) is 29.4. The number of likely N-dealkylation sites (tertiary alicyclic amines) is 1. The number of ether oxygens (including phenoxy) is 2. The van der Waals surface area contributed by atoms with Crippen LogP contribution in [0.15, 0.2) is 103 Å². The van der Waals surface area contributed by atoms with Gasteiger partial charge in [-0.1, -0.05) is 48.9 Å². The quantitative estimate of drug-likeness (QED) is 0.156. The molecule has 0 radical (unpaired) electrons. The van der Waals surface area contributed by atoms with Crippen molar-refractivity contribution in [2.75, 3.05) is 26.2 Å². The standard InChI is InChI=1S/C37H33F2NO3/c38-29-12-17-33(35(39)24-29)34-16-11-28-23-31(43-25-26-7-3-1-4-8-26)15-18-32(28)36(34)37(41)27-9-13-30(14-10-27)42-22-21-40-19-5-2-6-20-40/h1,3-4,7-18,23-24H,2,5-6,19-22,25H2. The predicted molar refractivity (Wildman–Crippen MR) is 166 cm³/mol. The molecular formula is C37H33F2NO3. The summed E-state index contributed by atoms with van der Waals surface area (Å²) in [5.41, 5.74) is 2.39. The van der Waals surface area contributed by atoms with E-state index in [0.717, 1.165) is 36.7 Å². The Hall–Kier alpha value is -4.55. The van der Waals surface area contributed by atoms with Gasteiger partial charge in [-0.05, 0) is 102 Å². The van der Waals surface area contributed by atoms with Gasteiger partial charge in [-0.15, -0.1) is 0 Å². The summed E-state index contributed by atoms with van der Waals surface area (Å²) in [4.78, 5) is 16.5. The number of rotatable bonds is 10. The van der Waals surface area contributed by atoms with Crippen LogP contribution < -0.4 is 9.47 Å². The molecule has 0 unspecified atom stereocenters. The second kappa shape index (κ2) is 13.2. The summed E-state index contributed by atoms with van der Waals surface area (Å²) in [7, 11) is 0. The van der Waals surface area contributed by atoms with Crippen molar-refractivity contribution in [3.8, 4) is 22.6 Å². The highest BCUT2D eigenvalue weighted by Crippen LogP contribution is 2.35. The van der Waals surface area contributed by atoms with Crippen LogP contribution in [-0.2, 0) is 6.61 Å². The van der Waals surface area contributed by atoms with Gasteiger partial charge in [0, 0.05) is 29.3 Å². The number of carbonyl (C=O) groups is 1. The largest absolute Gasteiger partial charge is 0.492 e. The first-order valence-corrected chi connectivity index (χ1v) is 14.7. The smallest absolute Gasteiger partial charge is 0.194 e. The zero-order chi connectivity index (χ0) is 29.6. The molecule has 6 heteroatoms. The number of halogens is 2. The van der Waals surface area contributed by atoms with Crippen LogP contribution in [0, 0.1) is 11.6 Å². The summed E-state index contributed by atoms with van der Waals surface area (Å²) < 4.78 is 40.8. The first-order chi connectivity index (χ1) is 21.0. The average molecular weight is 578 g/mol. The summed E-state index contributed by atoms with van der Waals surface area (Å²) in [5.74, 6) is -0.320. The number of ketones is 1. The molecule has 4 nitrogen and oxygen atoms in total. The molecule has 1 aliphatic heterocycles. The number of piperidine rings is 1. The Morgan fingerprint density at radius 3 is 2.23 bits per heavy atom. The SMILES string of the molecule is O=C(c1ccc(OCCN2CCCCC2)cc1)c1c(-c2ccc(F)cc2F)ccc2cc(OCc3ccccc3)ccc12. The molecular weight excluding hydrogens is 544 g/mol. The lowest BCUT2D eigenvalue weighted by Gasteiger charge is -2.26. The van der Waals surface area contributed by atoms with Crippen LogP contribution in [0.3, 0.4) is 0 Å². The third kappa shape index (κ3) is 6.76. The molecule has 1 saturated heterocycles. The lowest BCUT2D eigenvalue weighted by molar-refractivity contribution is 0.104. The molecule has 0 spiro atoms. The first kappa shape index (κ1) is 28.6. The third-order valence-corrected chi connectivity index (χ3v) is 7.93. The molecule has 0 aliphatic carbocycles. The van der Waals surface area contributed by atoms with Gasteiger partial charge in [0.2, 0.25) is 0 Å². The van der Waals surface area contributed by atoms with Crippen LogP contribution >= 0.6 is 0 Å². The van der Waals surface area contributed by atoms with E-state index in [1.807, 2.05) is 54.6 Å². The minimum Gasteiger partial charge on any atom is -0.492 e. The summed E-state index contributed by atoms with van der Waals surface area (Å²) >= 11 is 0. The van der Waals surface area contributed by atoms with Gasteiger partial charge < -0.3 is 9.47 Å². The molecule has 1 heterocycles. The van der Waals surface area contributed by atoms with E-state index in [9.17, 15) is 9.18 Å². The fourth-order valence-electron chi connectivity index (χ4n) is 5.64. The highest BCUT2D eigenvalue weighted by molar-refractivity contribution is 6.20. The van der Waals surface area contributed by atoms with Crippen molar-refractivity contribution in [3.63, 3.8) is 0 Å². The van der Waals surface area contributed by atoms with Crippen molar-refractivity contribution in [2.45, 2.75) is 25.9 Å². The Bertz CT molecular complexity index is 1710. The van der Waals surface area contributed by atoms with E-state index < -0.39 is 11.6 Å². The van der Waals surface area contributed by atoms with Crippen molar-refractivity contribution in [3.05, 3.63) is 131 Å². The van der Waals surface area contributed by atoms with Crippen molar-refractivity contribution < 1.29 is 23.0 Å². The minimum absolute atomic E-state index is 0.161. The first-order valence-electron chi connectivity index (χ1n) is 14.7. The molecule has 1 fully saturated rings. The second-order valence-corrected chi connectivity index (χ2v) is 10.9. The monoisotopic (exact) mass is 577 g/mol. The van der Waals surface area contributed by atoms with Crippen LogP contribution in [0.25, 0.3) is 21.9 Å². The van der Waals surface area contributed by atoms with Gasteiger partial charge in [0.1, 0.15) is 36.3 Å². The van der Waals surface area contributed by atoms with E-state index in [1.165, 1.54) is 31.4 Å². The molecule has 0 N–H and O–H groups in total. The van der Waals surface area contributed by atoms with Crippen LogP contribution in [-0.4, -0.2) is 36.9 Å². The molecule has 0 bridgehead atoms. The Balaban J connectivity index is 1.29. The van der Waals surface area contributed by atoms with Gasteiger partial charge in [-0.25, -0.2) is 8.78 Å². The molecule has 5 aromatic rings. The van der Waals surface area contributed by atoms with E-state index >= 15 is 4.39 Å². The average Bonchev–Trinajstić information content (AvgIpc) is 3.04. The third-order valence-electron chi connectivity index (χ3n) is 7.93.